The fourth-order valence-corrected chi connectivity index (χ4v) is 3.17. The maximum absolute atomic E-state index is 9.77. The van der Waals surface area contributed by atoms with Gasteiger partial charge in [0, 0.05) is 25.2 Å². The minimum Gasteiger partial charge on any atom is -0.491 e. The molecule has 2 rings (SSSR count). The van der Waals surface area contributed by atoms with E-state index < -0.39 is 12.2 Å². The maximum atomic E-state index is 9.77. The molecule has 36 heavy (non-hydrogen) atoms. The number of benzene rings is 2. The zero-order chi connectivity index (χ0) is 26.8. The molecule has 6 heteroatoms. The Hall–Kier alpha value is -2.64. The molecule has 0 aliphatic rings. The van der Waals surface area contributed by atoms with Gasteiger partial charge < -0.3 is 30.3 Å². The number of allylic oxidation sites excluding steroid dienone is 2. The zero-order valence-electron chi connectivity index (χ0n) is 22.5. The van der Waals surface area contributed by atoms with E-state index in [-0.39, 0.29) is 0 Å². The van der Waals surface area contributed by atoms with E-state index in [0.29, 0.717) is 38.4 Å². The molecule has 0 aliphatic heterocycles. The number of hydrogen-bond acceptors (Lipinski definition) is 6. The molecule has 2 aromatic carbocycles. The standard InChI is InChI=1S/2C15H23NO2/c2*1-4-7-13-8-5-6-9-15(13)18-11-14(17)10-16-12(2)3/h2*4-6,8-9,12,14,16-17H,1,7,10-11H2,2-3H3. The summed E-state index contributed by atoms with van der Waals surface area (Å²) in [5.74, 6) is 1.64. The highest BCUT2D eigenvalue weighted by molar-refractivity contribution is 5.35. The van der Waals surface area contributed by atoms with Gasteiger partial charge in [-0.25, -0.2) is 0 Å². The molecular weight excluding hydrogens is 452 g/mol. The van der Waals surface area contributed by atoms with Crippen LogP contribution in [0.5, 0.6) is 11.5 Å². The van der Waals surface area contributed by atoms with Crippen LogP contribution in [0.1, 0.15) is 38.8 Å². The summed E-state index contributed by atoms with van der Waals surface area (Å²) in [6, 6.07) is 16.4. The Labute approximate surface area is 218 Å². The van der Waals surface area contributed by atoms with Gasteiger partial charge in [0.15, 0.2) is 0 Å². The lowest BCUT2D eigenvalue weighted by Crippen LogP contribution is -2.35. The molecule has 0 aromatic heterocycles. The predicted octanol–water partition coefficient (Wildman–Crippen LogP) is 4.31. The number of hydrogen-bond donors (Lipinski definition) is 4. The lowest BCUT2D eigenvalue weighted by molar-refractivity contribution is 0.104. The van der Waals surface area contributed by atoms with Crippen molar-refractivity contribution in [1.29, 1.82) is 0 Å². The Morgan fingerprint density at radius 3 is 1.39 bits per heavy atom. The van der Waals surface area contributed by atoms with Gasteiger partial charge in [0.2, 0.25) is 0 Å². The minimum absolute atomic E-state index is 0.299. The van der Waals surface area contributed by atoms with Crippen LogP contribution < -0.4 is 20.1 Å². The van der Waals surface area contributed by atoms with Crippen molar-refractivity contribution in [3.8, 4) is 11.5 Å². The number of para-hydroxylation sites is 2. The lowest BCUT2D eigenvalue weighted by Gasteiger charge is -2.16. The third-order valence-electron chi connectivity index (χ3n) is 5.06. The van der Waals surface area contributed by atoms with Gasteiger partial charge in [-0.2, -0.15) is 0 Å². The highest BCUT2D eigenvalue weighted by Crippen LogP contribution is 2.19. The second-order valence-electron chi connectivity index (χ2n) is 9.26. The van der Waals surface area contributed by atoms with Gasteiger partial charge in [0.05, 0.1) is 0 Å². The molecule has 0 amide bonds. The molecule has 200 valence electrons. The SMILES string of the molecule is C=CCc1ccccc1OCC(O)CNC(C)C.C=CCc1ccccc1OCC(O)CNC(C)C. The molecule has 0 radical (unpaired) electrons. The van der Waals surface area contributed by atoms with E-state index in [1.54, 1.807) is 0 Å². The molecule has 0 bridgehead atoms. The highest BCUT2D eigenvalue weighted by Gasteiger charge is 2.09. The van der Waals surface area contributed by atoms with Gasteiger partial charge in [0.1, 0.15) is 36.9 Å². The van der Waals surface area contributed by atoms with Crippen molar-refractivity contribution in [3.05, 3.63) is 85.0 Å². The molecule has 0 spiro atoms. The van der Waals surface area contributed by atoms with Crippen molar-refractivity contribution in [3.63, 3.8) is 0 Å². The van der Waals surface area contributed by atoms with E-state index in [9.17, 15) is 10.2 Å². The number of nitrogens with one attached hydrogen (secondary N) is 2. The van der Waals surface area contributed by atoms with Gasteiger partial charge in [-0.1, -0.05) is 76.2 Å². The van der Waals surface area contributed by atoms with Crippen molar-refractivity contribution >= 4 is 0 Å². The van der Waals surface area contributed by atoms with Crippen LogP contribution in [0.3, 0.4) is 0 Å². The third kappa shape index (κ3) is 14.0. The first kappa shape index (κ1) is 31.4. The Morgan fingerprint density at radius 1 is 0.694 bits per heavy atom. The molecule has 2 atom stereocenters. The minimum atomic E-state index is -0.496. The van der Waals surface area contributed by atoms with Crippen molar-refractivity contribution in [2.24, 2.45) is 0 Å². The molecule has 2 unspecified atom stereocenters. The quantitative estimate of drug-likeness (QED) is 0.258. The fourth-order valence-electron chi connectivity index (χ4n) is 3.17. The summed E-state index contributed by atoms with van der Waals surface area (Å²) in [5.41, 5.74) is 2.19. The summed E-state index contributed by atoms with van der Waals surface area (Å²) in [7, 11) is 0. The normalized spacial score (nSPS) is 12.4. The van der Waals surface area contributed by atoms with Crippen LogP contribution in [0.2, 0.25) is 0 Å². The van der Waals surface area contributed by atoms with Gasteiger partial charge in [-0.3, -0.25) is 0 Å². The van der Waals surface area contributed by atoms with Crippen LogP contribution in [-0.4, -0.2) is 60.8 Å². The van der Waals surface area contributed by atoms with Gasteiger partial charge in [-0.15, -0.1) is 13.2 Å². The molecule has 4 N–H and O–H groups in total. The average molecular weight is 499 g/mol. The van der Waals surface area contributed by atoms with E-state index in [1.807, 2.05) is 88.4 Å². The molecule has 2 aromatic rings. The molecule has 0 heterocycles. The smallest absolute Gasteiger partial charge is 0.122 e. The van der Waals surface area contributed by atoms with Crippen LogP contribution >= 0.6 is 0 Å². The second kappa shape index (κ2) is 18.6. The van der Waals surface area contributed by atoms with Gasteiger partial charge >= 0.3 is 0 Å². The first-order chi connectivity index (χ1) is 17.3. The highest BCUT2D eigenvalue weighted by atomic mass is 16.5. The molecular formula is C30H46N2O4. The topological polar surface area (TPSA) is 83.0 Å². The summed E-state index contributed by atoms with van der Waals surface area (Å²) in [4.78, 5) is 0. The van der Waals surface area contributed by atoms with E-state index in [4.69, 9.17) is 9.47 Å². The summed E-state index contributed by atoms with van der Waals surface area (Å²) in [5, 5.41) is 25.9. The molecule has 0 aliphatic carbocycles. The van der Waals surface area contributed by atoms with E-state index in [2.05, 4.69) is 23.8 Å². The predicted molar refractivity (Wildman–Crippen MR) is 150 cm³/mol. The Balaban J connectivity index is 0.000000360. The van der Waals surface area contributed by atoms with E-state index in [1.165, 1.54) is 0 Å². The largest absolute Gasteiger partial charge is 0.491 e. The molecule has 0 saturated heterocycles. The van der Waals surface area contributed by atoms with Crippen LogP contribution in [0, 0.1) is 0 Å². The van der Waals surface area contributed by atoms with E-state index >= 15 is 0 Å². The Kier molecular flexibility index (Phi) is 16.2. The average Bonchev–Trinajstić information content (AvgIpc) is 2.86. The van der Waals surface area contributed by atoms with Crippen LogP contribution in [0.15, 0.2) is 73.8 Å². The van der Waals surface area contributed by atoms with Crippen LogP contribution in [-0.2, 0) is 12.8 Å². The van der Waals surface area contributed by atoms with Crippen LogP contribution in [0.25, 0.3) is 0 Å². The number of aliphatic hydroxyl groups excluding tert-OH is 2. The maximum Gasteiger partial charge on any atom is 0.122 e. The molecule has 0 saturated carbocycles. The lowest BCUT2D eigenvalue weighted by atomic mass is 10.1. The van der Waals surface area contributed by atoms with Gasteiger partial charge in [-0.05, 0) is 36.1 Å². The fraction of sp³-hybridized carbons (Fsp3) is 0.467. The number of aliphatic hydroxyl groups is 2. The van der Waals surface area contributed by atoms with Gasteiger partial charge in [0.25, 0.3) is 0 Å². The van der Waals surface area contributed by atoms with Crippen molar-refractivity contribution in [2.75, 3.05) is 26.3 Å². The van der Waals surface area contributed by atoms with Crippen molar-refractivity contribution in [2.45, 2.75) is 64.8 Å². The second-order valence-corrected chi connectivity index (χ2v) is 9.26. The number of ether oxygens (including phenoxy) is 2. The first-order valence-corrected chi connectivity index (χ1v) is 12.7. The summed E-state index contributed by atoms with van der Waals surface area (Å²) >= 11 is 0. The summed E-state index contributed by atoms with van der Waals surface area (Å²) in [6.45, 7) is 17.3. The Morgan fingerprint density at radius 2 is 1.06 bits per heavy atom. The molecule has 0 fully saturated rings. The third-order valence-corrected chi connectivity index (χ3v) is 5.06. The van der Waals surface area contributed by atoms with Crippen molar-refractivity contribution < 1.29 is 19.7 Å². The zero-order valence-corrected chi connectivity index (χ0v) is 22.5. The summed E-state index contributed by atoms with van der Waals surface area (Å²) in [6.07, 6.45) is 4.25. The monoisotopic (exact) mass is 498 g/mol. The first-order valence-electron chi connectivity index (χ1n) is 12.7. The number of rotatable bonds is 16. The van der Waals surface area contributed by atoms with Crippen LogP contribution in [0.4, 0.5) is 0 Å². The van der Waals surface area contributed by atoms with E-state index in [0.717, 1.165) is 35.5 Å². The Bertz CT molecular complexity index is 798. The van der Waals surface area contributed by atoms with Crippen molar-refractivity contribution in [1.82, 2.24) is 10.6 Å². The summed E-state index contributed by atoms with van der Waals surface area (Å²) < 4.78 is 11.3. The molecule has 6 nitrogen and oxygen atoms in total.